The maximum absolute atomic E-state index is 13.8. The predicted molar refractivity (Wildman–Crippen MR) is 92.3 cm³/mol. The molecular weight excluding hydrogens is 398 g/mol. The molecule has 0 saturated carbocycles. The van der Waals surface area contributed by atoms with Crippen LogP contribution in [0.1, 0.15) is 12.8 Å². The number of hydrogen-bond acceptors (Lipinski definition) is 7. The van der Waals surface area contributed by atoms with Crippen LogP contribution >= 0.6 is 0 Å². The van der Waals surface area contributed by atoms with Gasteiger partial charge < -0.3 is 14.8 Å². The normalized spacial score (nSPS) is 16.6. The molecule has 4 heterocycles. The fourth-order valence-corrected chi connectivity index (χ4v) is 3.20. The van der Waals surface area contributed by atoms with E-state index in [0.29, 0.717) is 11.2 Å². The molecule has 0 bridgehead atoms. The molecule has 0 amide bonds. The first-order valence-electron chi connectivity index (χ1n) is 8.77. The Hall–Kier alpha value is -2.96. The number of alkyl halides is 4. The molecule has 29 heavy (non-hydrogen) atoms. The van der Waals surface area contributed by atoms with Gasteiger partial charge in [-0.25, -0.2) is 28.5 Å². The van der Waals surface area contributed by atoms with E-state index in [4.69, 9.17) is 4.74 Å². The van der Waals surface area contributed by atoms with Gasteiger partial charge in [0.1, 0.15) is 5.52 Å². The minimum Gasteiger partial charge on any atom is -0.417 e. The van der Waals surface area contributed by atoms with Crippen molar-refractivity contribution in [2.24, 2.45) is 5.41 Å². The van der Waals surface area contributed by atoms with Gasteiger partial charge in [0.05, 0.1) is 24.4 Å². The maximum atomic E-state index is 13.8. The zero-order valence-corrected chi connectivity index (χ0v) is 15.0. The Labute approximate surface area is 161 Å². The first-order valence-corrected chi connectivity index (χ1v) is 8.77. The Bertz CT molecular complexity index is 971. The second kappa shape index (κ2) is 7.81. The fraction of sp³-hybridized carbons (Fsp3) is 0.500. The number of ether oxygens (including phenoxy) is 2. The second-order valence-electron chi connectivity index (χ2n) is 6.66. The van der Waals surface area contributed by atoms with Gasteiger partial charge in [0.2, 0.25) is 12.3 Å². The molecule has 3 aromatic rings. The summed E-state index contributed by atoms with van der Waals surface area (Å²) in [6.07, 6.45) is 0.758. The van der Waals surface area contributed by atoms with Crippen LogP contribution in [0.15, 0.2) is 18.5 Å². The molecule has 1 saturated heterocycles. The van der Waals surface area contributed by atoms with Crippen LogP contribution in [0.5, 0.6) is 5.88 Å². The number of H-pyrrole nitrogens is 1. The molecule has 0 unspecified atom stereocenters. The third-order valence-electron chi connectivity index (χ3n) is 4.79. The average molecular weight is 415 g/mol. The molecule has 0 aliphatic carbocycles. The Morgan fingerprint density at radius 2 is 2.00 bits per heavy atom. The highest BCUT2D eigenvalue weighted by Crippen LogP contribution is 2.39. The summed E-state index contributed by atoms with van der Waals surface area (Å²) in [7, 11) is 0. The number of nitrogens with zero attached hydrogens (tertiary/aromatic N) is 5. The van der Waals surface area contributed by atoms with Crippen LogP contribution < -0.4 is 10.1 Å². The summed E-state index contributed by atoms with van der Waals surface area (Å²) in [6.45, 7) is -2.47. The molecule has 1 fully saturated rings. The molecule has 0 aromatic carbocycles. The van der Waals surface area contributed by atoms with E-state index in [-0.39, 0.29) is 50.1 Å². The zero-order valence-electron chi connectivity index (χ0n) is 15.0. The predicted octanol–water partition coefficient (Wildman–Crippen LogP) is 2.96. The van der Waals surface area contributed by atoms with Gasteiger partial charge in [-0.1, -0.05) is 0 Å². The van der Waals surface area contributed by atoms with Gasteiger partial charge >= 0.3 is 6.61 Å². The molecule has 156 valence electrons. The third-order valence-corrected chi connectivity index (χ3v) is 4.79. The summed E-state index contributed by atoms with van der Waals surface area (Å²) in [5, 5.41) is 13.0. The minimum atomic E-state index is -2.99. The zero-order chi connectivity index (χ0) is 20.4. The van der Waals surface area contributed by atoms with E-state index < -0.39 is 18.5 Å². The van der Waals surface area contributed by atoms with Gasteiger partial charge in [0.25, 0.3) is 0 Å². The van der Waals surface area contributed by atoms with Crippen LogP contribution in [0.3, 0.4) is 0 Å². The molecule has 0 radical (unpaired) electrons. The summed E-state index contributed by atoms with van der Waals surface area (Å²) >= 11 is 0. The van der Waals surface area contributed by atoms with E-state index in [1.54, 1.807) is 0 Å². The molecule has 2 N–H and O–H groups in total. The van der Waals surface area contributed by atoms with E-state index >= 15 is 0 Å². The third kappa shape index (κ3) is 4.09. The van der Waals surface area contributed by atoms with Crippen molar-refractivity contribution >= 4 is 22.8 Å². The van der Waals surface area contributed by atoms with Crippen molar-refractivity contribution < 1.29 is 27.0 Å². The van der Waals surface area contributed by atoms with E-state index in [2.05, 4.69) is 35.3 Å². The van der Waals surface area contributed by atoms with Crippen molar-refractivity contribution in [2.75, 3.05) is 18.5 Å². The van der Waals surface area contributed by atoms with Crippen LogP contribution in [0.25, 0.3) is 11.2 Å². The van der Waals surface area contributed by atoms with Gasteiger partial charge in [-0.3, -0.25) is 0 Å². The topological polar surface area (TPSA) is 103 Å². The van der Waals surface area contributed by atoms with Crippen LogP contribution in [0.2, 0.25) is 0 Å². The lowest BCUT2D eigenvalue weighted by Crippen LogP contribution is -2.40. The van der Waals surface area contributed by atoms with Gasteiger partial charge in [0, 0.05) is 19.3 Å². The Morgan fingerprint density at radius 1 is 1.21 bits per heavy atom. The number of aromatic nitrogens is 6. The van der Waals surface area contributed by atoms with Crippen LogP contribution in [-0.2, 0) is 11.3 Å². The highest BCUT2D eigenvalue weighted by atomic mass is 19.3. The van der Waals surface area contributed by atoms with E-state index in [1.165, 1.54) is 23.1 Å². The number of halogens is 4. The Balaban J connectivity index is 1.57. The van der Waals surface area contributed by atoms with Crippen molar-refractivity contribution in [3.05, 3.63) is 18.5 Å². The van der Waals surface area contributed by atoms with Crippen LogP contribution in [0, 0.1) is 5.41 Å². The molecule has 0 spiro atoms. The largest absolute Gasteiger partial charge is 0.417 e. The summed E-state index contributed by atoms with van der Waals surface area (Å²) in [5.41, 5.74) is -0.483. The van der Waals surface area contributed by atoms with Gasteiger partial charge in [-0.05, 0) is 12.8 Å². The highest BCUT2D eigenvalue weighted by Gasteiger charge is 2.42. The van der Waals surface area contributed by atoms with E-state index in [0.717, 1.165) is 0 Å². The molecule has 9 nitrogen and oxygen atoms in total. The number of hydrogen-bond donors (Lipinski definition) is 2. The van der Waals surface area contributed by atoms with Crippen molar-refractivity contribution in [3.8, 4) is 5.88 Å². The summed E-state index contributed by atoms with van der Waals surface area (Å²) in [4.78, 5) is 8.57. The smallest absolute Gasteiger partial charge is 0.388 e. The average Bonchev–Trinajstić information content (AvgIpc) is 3.29. The lowest BCUT2D eigenvalue weighted by Gasteiger charge is -2.36. The van der Waals surface area contributed by atoms with Gasteiger partial charge in [-0.15, -0.1) is 0 Å². The van der Waals surface area contributed by atoms with Crippen molar-refractivity contribution in [1.29, 1.82) is 0 Å². The number of aromatic amines is 1. The van der Waals surface area contributed by atoms with Gasteiger partial charge in [0.15, 0.2) is 17.3 Å². The molecular formula is C16H17F4N7O2. The van der Waals surface area contributed by atoms with Crippen molar-refractivity contribution in [2.45, 2.75) is 32.4 Å². The first-order chi connectivity index (χ1) is 13.9. The molecule has 13 heteroatoms. The lowest BCUT2D eigenvalue weighted by molar-refractivity contribution is -0.0897. The molecule has 4 rings (SSSR count). The highest BCUT2D eigenvalue weighted by molar-refractivity contribution is 5.72. The summed E-state index contributed by atoms with van der Waals surface area (Å²) < 4.78 is 62.9. The lowest BCUT2D eigenvalue weighted by atomic mass is 9.80. The maximum Gasteiger partial charge on any atom is 0.388 e. The summed E-state index contributed by atoms with van der Waals surface area (Å²) in [6, 6.07) is 1.23. The quantitative estimate of drug-likeness (QED) is 0.572. The molecule has 1 aliphatic rings. The number of rotatable bonds is 7. The number of fused-ring (bicyclic) bond motifs is 1. The summed E-state index contributed by atoms with van der Waals surface area (Å²) in [5.74, 6) is 0.196. The standard InChI is InChI=1S/C16H17F4N7O2/c17-14(18)16(1-3-28-4-2-16)8-27-13-9(6-22-27)21-7-11(24-13)23-10-5-12(26-25-10)29-15(19)20/h5-7,14-15H,1-4,8H2,(H2,23,24,25,26). The van der Waals surface area contributed by atoms with Crippen molar-refractivity contribution in [3.63, 3.8) is 0 Å². The van der Waals surface area contributed by atoms with Crippen LogP contribution in [0.4, 0.5) is 29.2 Å². The molecule has 3 aromatic heterocycles. The van der Waals surface area contributed by atoms with Crippen LogP contribution in [-0.4, -0.2) is 56.2 Å². The Kier molecular flexibility index (Phi) is 5.22. The van der Waals surface area contributed by atoms with E-state index in [9.17, 15) is 17.6 Å². The SMILES string of the molecule is FC(F)Oc1cc(Nc2cnc3cnn(CC4(C(F)F)CCOCC4)c3n2)n[nH]1. The van der Waals surface area contributed by atoms with Gasteiger partial charge in [-0.2, -0.15) is 19.0 Å². The number of anilines is 2. The second-order valence-corrected chi connectivity index (χ2v) is 6.66. The molecule has 0 atom stereocenters. The number of nitrogens with one attached hydrogen (secondary N) is 2. The minimum absolute atomic E-state index is 0.0234. The Morgan fingerprint density at radius 3 is 2.72 bits per heavy atom. The molecule has 1 aliphatic heterocycles. The first kappa shape index (κ1) is 19.4. The monoisotopic (exact) mass is 415 g/mol. The van der Waals surface area contributed by atoms with E-state index in [1.807, 2.05) is 0 Å². The fourth-order valence-electron chi connectivity index (χ4n) is 3.20. The van der Waals surface area contributed by atoms with Crippen molar-refractivity contribution in [1.82, 2.24) is 29.9 Å².